The molecule has 0 aliphatic heterocycles. The summed E-state index contributed by atoms with van der Waals surface area (Å²) in [5.41, 5.74) is 4.04. The van der Waals surface area contributed by atoms with Crippen LogP contribution in [0.25, 0.3) is 0 Å². The first-order valence-corrected chi connectivity index (χ1v) is 7.52. The molecule has 0 spiro atoms. The Morgan fingerprint density at radius 3 is 2.65 bits per heavy atom. The third-order valence-corrected chi connectivity index (χ3v) is 4.01. The summed E-state index contributed by atoms with van der Waals surface area (Å²) in [6.45, 7) is 7.72. The molecule has 0 unspecified atom stereocenters. The number of carbonyl (C=O) groups excluding carboxylic acids is 1. The molecule has 2 aromatic rings. The Hall–Kier alpha value is -2.57. The van der Waals surface area contributed by atoms with Crippen LogP contribution in [0.3, 0.4) is 0 Å². The molecule has 0 fully saturated rings. The van der Waals surface area contributed by atoms with Gasteiger partial charge in [-0.3, -0.25) is 9.48 Å². The number of nitrogens with one attached hydrogen (secondary N) is 3. The number of aromatic amines is 1. The van der Waals surface area contributed by atoms with E-state index in [0.29, 0.717) is 5.56 Å². The summed E-state index contributed by atoms with van der Waals surface area (Å²) in [7, 11) is 1.86. The zero-order valence-corrected chi connectivity index (χ0v) is 14.2. The predicted molar refractivity (Wildman–Crippen MR) is 88.3 cm³/mol. The van der Waals surface area contributed by atoms with Crippen LogP contribution in [0.5, 0.6) is 0 Å². The van der Waals surface area contributed by atoms with E-state index in [4.69, 9.17) is 0 Å². The standard InChI is InChI=1S/C16H23N5O2/c1-9-6-10(2)19-15(22)13(9)7-17-16(23)20-11(3)14-8-18-21(5)12(14)4/h6,8,11H,7H2,1-5H3,(H,19,22)(H2,17,20,23)/t11-/m0/s1. The van der Waals surface area contributed by atoms with Gasteiger partial charge in [0.2, 0.25) is 0 Å². The predicted octanol–water partition coefficient (Wildman–Crippen LogP) is 1.59. The molecule has 0 bridgehead atoms. The van der Waals surface area contributed by atoms with Crippen LogP contribution in [0, 0.1) is 20.8 Å². The Bertz CT molecular complexity index is 775. The van der Waals surface area contributed by atoms with Crippen molar-refractivity contribution >= 4 is 6.03 Å². The monoisotopic (exact) mass is 317 g/mol. The number of amides is 2. The third kappa shape index (κ3) is 3.80. The maximum absolute atomic E-state index is 12.0. The molecular formula is C16H23N5O2. The molecule has 0 aliphatic carbocycles. The maximum atomic E-state index is 12.0. The molecule has 2 amide bonds. The van der Waals surface area contributed by atoms with Crippen LogP contribution in [0.4, 0.5) is 4.79 Å². The SMILES string of the molecule is Cc1cc(C)c(CNC(=O)N[C@@H](C)c2cnn(C)c2C)c(=O)[nH]1. The topological polar surface area (TPSA) is 91.8 Å². The van der Waals surface area contributed by atoms with Crippen molar-refractivity contribution in [3.63, 3.8) is 0 Å². The van der Waals surface area contributed by atoms with E-state index < -0.39 is 0 Å². The first-order chi connectivity index (χ1) is 10.8. The lowest BCUT2D eigenvalue weighted by Gasteiger charge is -2.15. The molecular weight excluding hydrogens is 294 g/mol. The van der Waals surface area contributed by atoms with Crippen LogP contribution in [0.2, 0.25) is 0 Å². The summed E-state index contributed by atoms with van der Waals surface area (Å²) in [6, 6.07) is 1.40. The van der Waals surface area contributed by atoms with Crippen LogP contribution in [0.1, 0.15) is 41.0 Å². The van der Waals surface area contributed by atoms with E-state index in [-0.39, 0.29) is 24.2 Å². The minimum absolute atomic E-state index is 0.166. The number of nitrogens with zero attached hydrogens (tertiary/aromatic N) is 2. The fourth-order valence-corrected chi connectivity index (χ4v) is 2.54. The van der Waals surface area contributed by atoms with E-state index in [2.05, 4.69) is 20.7 Å². The van der Waals surface area contributed by atoms with Gasteiger partial charge < -0.3 is 15.6 Å². The van der Waals surface area contributed by atoms with Gasteiger partial charge in [-0.25, -0.2) is 4.79 Å². The van der Waals surface area contributed by atoms with Crippen molar-refractivity contribution in [3.8, 4) is 0 Å². The lowest BCUT2D eigenvalue weighted by molar-refractivity contribution is 0.237. The molecule has 1 atom stereocenters. The molecule has 2 aromatic heterocycles. The number of hydrogen-bond donors (Lipinski definition) is 3. The largest absolute Gasteiger partial charge is 0.334 e. The molecule has 0 aromatic carbocycles. The van der Waals surface area contributed by atoms with Crippen molar-refractivity contribution < 1.29 is 4.79 Å². The molecule has 7 heteroatoms. The number of pyridine rings is 1. The van der Waals surface area contributed by atoms with Gasteiger partial charge in [0.25, 0.3) is 5.56 Å². The fourth-order valence-electron chi connectivity index (χ4n) is 2.54. The van der Waals surface area contributed by atoms with Gasteiger partial charge in [-0.15, -0.1) is 0 Å². The van der Waals surface area contributed by atoms with Gasteiger partial charge in [0, 0.05) is 29.6 Å². The van der Waals surface area contributed by atoms with E-state index in [1.54, 1.807) is 10.9 Å². The Kier molecular flexibility index (Phi) is 4.88. The molecule has 0 saturated heterocycles. The van der Waals surface area contributed by atoms with E-state index in [1.807, 2.05) is 40.8 Å². The summed E-state index contributed by atoms with van der Waals surface area (Å²) in [6.07, 6.45) is 1.75. The average Bonchev–Trinajstić information content (AvgIpc) is 2.77. The number of H-pyrrole nitrogens is 1. The highest BCUT2D eigenvalue weighted by Gasteiger charge is 2.15. The van der Waals surface area contributed by atoms with E-state index in [1.165, 1.54) is 0 Å². The van der Waals surface area contributed by atoms with Gasteiger partial charge in [-0.2, -0.15) is 5.10 Å². The number of carbonyl (C=O) groups is 1. The van der Waals surface area contributed by atoms with Crippen LogP contribution >= 0.6 is 0 Å². The Morgan fingerprint density at radius 2 is 2.09 bits per heavy atom. The molecule has 2 rings (SSSR count). The second kappa shape index (κ2) is 6.68. The summed E-state index contributed by atoms with van der Waals surface area (Å²) in [5, 5.41) is 9.75. The lowest BCUT2D eigenvalue weighted by atomic mass is 10.1. The average molecular weight is 317 g/mol. The molecule has 0 radical (unpaired) electrons. The minimum Gasteiger partial charge on any atom is -0.334 e. The quantitative estimate of drug-likeness (QED) is 0.799. The van der Waals surface area contributed by atoms with Crippen LogP contribution in [0.15, 0.2) is 17.1 Å². The van der Waals surface area contributed by atoms with Gasteiger partial charge in [0.1, 0.15) is 0 Å². The lowest BCUT2D eigenvalue weighted by Crippen LogP contribution is -2.38. The highest BCUT2D eigenvalue weighted by molar-refractivity contribution is 5.74. The summed E-state index contributed by atoms with van der Waals surface area (Å²) >= 11 is 0. The van der Waals surface area contributed by atoms with Crippen LogP contribution in [-0.2, 0) is 13.6 Å². The summed E-state index contributed by atoms with van der Waals surface area (Å²) in [4.78, 5) is 26.7. The van der Waals surface area contributed by atoms with Gasteiger partial charge in [-0.1, -0.05) is 0 Å². The van der Waals surface area contributed by atoms with Crippen molar-refractivity contribution in [3.05, 3.63) is 50.7 Å². The first-order valence-electron chi connectivity index (χ1n) is 7.52. The second-order valence-electron chi connectivity index (χ2n) is 5.80. The molecule has 2 heterocycles. The highest BCUT2D eigenvalue weighted by Crippen LogP contribution is 2.15. The first kappa shape index (κ1) is 16.8. The molecule has 124 valence electrons. The van der Waals surface area contributed by atoms with Crippen LogP contribution < -0.4 is 16.2 Å². The maximum Gasteiger partial charge on any atom is 0.315 e. The van der Waals surface area contributed by atoms with Gasteiger partial charge in [-0.05, 0) is 39.3 Å². The highest BCUT2D eigenvalue weighted by atomic mass is 16.2. The fraction of sp³-hybridized carbons (Fsp3) is 0.438. The number of rotatable bonds is 4. The molecule has 7 nitrogen and oxygen atoms in total. The summed E-state index contributed by atoms with van der Waals surface area (Å²) < 4.78 is 1.76. The number of urea groups is 1. The Morgan fingerprint density at radius 1 is 1.39 bits per heavy atom. The van der Waals surface area contributed by atoms with E-state index in [9.17, 15) is 9.59 Å². The molecule has 3 N–H and O–H groups in total. The second-order valence-corrected chi connectivity index (χ2v) is 5.80. The Labute approximate surface area is 135 Å². The molecule has 0 aliphatic rings. The van der Waals surface area contributed by atoms with Gasteiger partial charge in [0.15, 0.2) is 0 Å². The zero-order chi connectivity index (χ0) is 17.1. The van der Waals surface area contributed by atoms with E-state index >= 15 is 0 Å². The smallest absolute Gasteiger partial charge is 0.315 e. The summed E-state index contributed by atoms with van der Waals surface area (Å²) in [5.74, 6) is 0. The van der Waals surface area contributed by atoms with Crippen molar-refractivity contribution in [2.24, 2.45) is 7.05 Å². The molecule has 23 heavy (non-hydrogen) atoms. The van der Waals surface area contributed by atoms with Crippen LogP contribution in [-0.4, -0.2) is 20.8 Å². The zero-order valence-electron chi connectivity index (χ0n) is 14.2. The normalized spacial score (nSPS) is 12.0. The van der Waals surface area contributed by atoms with Crippen molar-refractivity contribution in [2.45, 2.75) is 40.3 Å². The van der Waals surface area contributed by atoms with Gasteiger partial charge in [0.05, 0.1) is 18.8 Å². The van der Waals surface area contributed by atoms with E-state index in [0.717, 1.165) is 22.5 Å². The Balaban J connectivity index is 1.98. The number of hydrogen-bond acceptors (Lipinski definition) is 3. The number of aromatic nitrogens is 3. The number of aryl methyl sites for hydroxylation is 3. The molecule has 0 saturated carbocycles. The van der Waals surface area contributed by atoms with Crippen molar-refractivity contribution in [2.75, 3.05) is 0 Å². The van der Waals surface area contributed by atoms with Crippen molar-refractivity contribution in [1.82, 2.24) is 25.4 Å². The third-order valence-electron chi connectivity index (χ3n) is 4.01. The minimum atomic E-state index is -0.319. The van der Waals surface area contributed by atoms with Gasteiger partial charge >= 0.3 is 6.03 Å². The van der Waals surface area contributed by atoms with Crippen molar-refractivity contribution in [1.29, 1.82) is 0 Å².